The summed E-state index contributed by atoms with van der Waals surface area (Å²) in [5.41, 5.74) is 1.11. The van der Waals surface area contributed by atoms with Gasteiger partial charge in [-0.1, -0.05) is 75.7 Å². The number of hydrogen-bond acceptors (Lipinski definition) is 2. The Labute approximate surface area is 164 Å². The van der Waals surface area contributed by atoms with Crippen LogP contribution in [-0.2, 0) is 15.6 Å². The molecule has 0 saturated heterocycles. The van der Waals surface area contributed by atoms with E-state index in [0.29, 0.717) is 24.3 Å². The van der Waals surface area contributed by atoms with Crippen molar-refractivity contribution < 1.29 is 9.09 Å². The van der Waals surface area contributed by atoms with E-state index in [1.54, 1.807) is 0 Å². The first-order valence-corrected chi connectivity index (χ1v) is 11.7. The van der Waals surface area contributed by atoms with E-state index in [0.717, 1.165) is 23.7 Å². The Morgan fingerprint density at radius 1 is 1.04 bits per heavy atom. The van der Waals surface area contributed by atoms with Gasteiger partial charge in [-0.2, -0.15) is 0 Å². The molecule has 2 aromatic rings. The summed E-state index contributed by atoms with van der Waals surface area (Å²) in [6, 6.07) is 19.7. The highest BCUT2D eigenvalue weighted by Crippen LogP contribution is 2.48. The summed E-state index contributed by atoms with van der Waals surface area (Å²) in [7, 11) is -3.16. The van der Waals surface area contributed by atoms with Crippen molar-refractivity contribution >= 4 is 12.8 Å². The van der Waals surface area contributed by atoms with Gasteiger partial charge in [-0.25, -0.2) is 5.09 Å². The lowest BCUT2D eigenvalue weighted by Gasteiger charge is -2.39. The van der Waals surface area contributed by atoms with Crippen molar-refractivity contribution in [1.82, 2.24) is 5.09 Å². The standard InChI is InChI=1S/C23H32NO2P/c1-18(2)22-15-14-19(3)16-23(22)26-27(25,21-12-8-5-9-13-21)24-17-20-10-6-4-7-11-20/h4-13,18-19,22-23H,14-17H2,1-3H3,(H,24,25)/t19-,22+,23-,27+/m0/s1. The first kappa shape index (κ1) is 20.3. The van der Waals surface area contributed by atoms with E-state index in [2.05, 4.69) is 25.9 Å². The van der Waals surface area contributed by atoms with Gasteiger partial charge in [-0.3, -0.25) is 4.57 Å². The summed E-state index contributed by atoms with van der Waals surface area (Å²) >= 11 is 0. The molecule has 4 atom stereocenters. The molecule has 3 nitrogen and oxygen atoms in total. The van der Waals surface area contributed by atoms with Gasteiger partial charge in [0.15, 0.2) is 0 Å². The molecule has 1 aliphatic carbocycles. The molecule has 1 fully saturated rings. The molecule has 0 amide bonds. The molecule has 0 aromatic heterocycles. The lowest BCUT2D eigenvalue weighted by Crippen LogP contribution is -2.36. The first-order chi connectivity index (χ1) is 13.0. The molecule has 0 bridgehead atoms. The largest absolute Gasteiger partial charge is 0.311 e. The predicted molar refractivity (Wildman–Crippen MR) is 113 cm³/mol. The lowest BCUT2D eigenvalue weighted by molar-refractivity contribution is 0.0483. The van der Waals surface area contributed by atoms with Crippen LogP contribution in [-0.4, -0.2) is 6.10 Å². The molecule has 1 aliphatic rings. The van der Waals surface area contributed by atoms with Gasteiger partial charge in [0.1, 0.15) is 0 Å². The van der Waals surface area contributed by atoms with E-state index < -0.39 is 7.52 Å². The van der Waals surface area contributed by atoms with Gasteiger partial charge in [0.2, 0.25) is 0 Å². The normalized spacial score (nSPS) is 25.3. The minimum atomic E-state index is -3.16. The average molecular weight is 385 g/mol. The van der Waals surface area contributed by atoms with Gasteiger partial charge in [0, 0.05) is 6.54 Å². The van der Waals surface area contributed by atoms with Crippen molar-refractivity contribution in [2.75, 3.05) is 0 Å². The van der Waals surface area contributed by atoms with Crippen LogP contribution in [0.15, 0.2) is 60.7 Å². The second-order valence-corrected chi connectivity index (χ2v) is 10.3. The summed E-state index contributed by atoms with van der Waals surface area (Å²) in [5, 5.41) is 4.04. The topological polar surface area (TPSA) is 38.3 Å². The first-order valence-electron chi connectivity index (χ1n) is 10.1. The summed E-state index contributed by atoms with van der Waals surface area (Å²) in [6.07, 6.45) is 3.39. The predicted octanol–water partition coefficient (Wildman–Crippen LogP) is 5.77. The van der Waals surface area contributed by atoms with Gasteiger partial charge in [-0.15, -0.1) is 0 Å². The fourth-order valence-electron chi connectivity index (χ4n) is 4.03. The molecule has 0 unspecified atom stereocenters. The van der Waals surface area contributed by atoms with Crippen molar-refractivity contribution in [1.29, 1.82) is 0 Å². The fraction of sp³-hybridized carbons (Fsp3) is 0.478. The van der Waals surface area contributed by atoms with E-state index >= 15 is 0 Å². The van der Waals surface area contributed by atoms with Crippen LogP contribution in [0, 0.1) is 17.8 Å². The molecule has 0 radical (unpaired) electrons. The third-order valence-corrected chi connectivity index (χ3v) is 7.80. The second-order valence-electron chi connectivity index (χ2n) is 8.18. The molecule has 146 valence electrons. The van der Waals surface area contributed by atoms with Gasteiger partial charge < -0.3 is 4.52 Å². The van der Waals surface area contributed by atoms with Crippen molar-refractivity contribution in [3.63, 3.8) is 0 Å². The Balaban J connectivity index is 1.84. The second kappa shape index (κ2) is 9.19. The van der Waals surface area contributed by atoms with Crippen LogP contribution < -0.4 is 10.4 Å². The smallest absolute Gasteiger partial charge is 0.300 e. The van der Waals surface area contributed by atoms with Crippen LogP contribution in [0.3, 0.4) is 0 Å². The maximum Gasteiger partial charge on any atom is 0.300 e. The maximum absolute atomic E-state index is 14.0. The van der Waals surface area contributed by atoms with Crippen molar-refractivity contribution in [2.24, 2.45) is 17.8 Å². The molecule has 1 N–H and O–H groups in total. The maximum atomic E-state index is 14.0. The van der Waals surface area contributed by atoms with Gasteiger partial charge in [0.05, 0.1) is 11.4 Å². The van der Waals surface area contributed by atoms with Gasteiger partial charge >= 0.3 is 0 Å². The van der Waals surface area contributed by atoms with E-state index in [9.17, 15) is 4.57 Å². The number of benzene rings is 2. The van der Waals surface area contributed by atoms with Crippen LogP contribution >= 0.6 is 7.52 Å². The van der Waals surface area contributed by atoms with Gasteiger partial charge in [-0.05, 0) is 48.3 Å². The Morgan fingerprint density at radius 3 is 2.30 bits per heavy atom. The summed E-state index contributed by atoms with van der Waals surface area (Å²) < 4.78 is 20.5. The average Bonchev–Trinajstić information content (AvgIpc) is 2.68. The molecule has 0 spiro atoms. The Hall–Kier alpha value is -1.41. The molecule has 1 saturated carbocycles. The molecule has 4 heteroatoms. The molecule has 2 aromatic carbocycles. The molecular weight excluding hydrogens is 353 g/mol. The number of rotatable bonds is 7. The van der Waals surface area contributed by atoms with E-state index in [1.807, 2.05) is 60.7 Å². The van der Waals surface area contributed by atoms with E-state index in [1.165, 1.54) is 6.42 Å². The minimum absolute atomic E-state index is 0.0306. The zero-order valence-electron chi connectivity index (χ0n) is 16.7. The summed E-state index contributed by atoms with van der Waals surface area (Å²) in [6.45, 7) is 7.31. The minimum Gasteiger partial charge on any atom is -0.311 e. The molecule has 27 heavy (non-hydrogen) atoms. The Morgan fingerprint density at radius 2 is 1.67 bits per heavy atom. The zero-order chi connectivity index (χ0) is 19.3. The van der Waals surface area contributed by atoms with Crippen LogP contribution in [0.25, 0.3) is 0 Å². The zero-order valence-corrected chi connectivity index (χ0v) is 17.6. The molecule has 0 heterocycles. The molecule has 0 aliphatic heterocycles. The summed E-state index contributed by atoms with van der Waals surface area (Å²) in [4.78, 5) is 0. The third kappa shape index (κ3) is 5.31. The highest BCUT2D eigenvalue weighted by atomic mass is 31.2. The van der Waals surface area contributed by atoms with E-state index in [-0.39, 0.29) is 6.10 Å². The Kier molecular flexibility index (Phi) is 6.92. The quantitative estimate of drug-likeness (QED) is 0.615. The SMILES string of the molecule is CC(C)[C@H]1CC[C@H](C)C[C@@H]1O[P@@](=O)(NCc1ccccc1)c1ccccc1. The van der Waals surface area contributed by atoms with Crippen LogP contribution in [0.2, 0.25) is 0 Å². The summed E-state index contributed by atoms with van der Waals surface area (Å²) in [5.74, 6) is 1.60. The van der Waals surface area contributed by atoms with Crippen molar-refractivity contribution in [3.8, 4) is 0 Å². The monoisotopic (exact) mass is 385 g/mol. The lowest BCUT2D eigenvalue weighted by atomic mass is 9.75. The van der Waals surface area contributed by atoms with Gasteiger partial charge in [0.25, 0.3) is 7.52 Å². The highest BCUT2D eigenvalue weighted by molar-refractivity contribution is 7.65. The number of hydrogen-bond donors (Lipinski definition) is 1. The van der Waals surface area contributed by atoms with Crippen molar-refractivity contribution in [2.45, 2.75) is 52.7 Å². The Bertz CT molecular complexity index is 747. The van der Waals surface area contributed by atoms with Crippen molar-refractivity contribution in [3.05, 3.63) is 66.2 Å². The van der Waals surface area contributed by atoms with E-state index in [4.69, 9.17) is 4.52 Å². The van der Waals surface area contributed by atoms with Crippen LogP contribution in [0.1, 0.15) is 45.6 Å². The molecular formula is C23H32NO2P. The third-order valence-electron chi connectivity index (χ3n) is 5.68. The van der Waals surface area contributed by atoms with Crippen LogP contribution in [0.4, 0.5) is 0 Å². The molecule has 3 rings (SSSR count). The number of nitrogens with one attached hydrogen (secondary N) is 1. The highest BCUT2D eigenvalue weighted by Gasteiger charge is 2.37. The fourth-order valence-corrected chi connectivity index (χ4v) is 5.99. The van der Waals surface area contributed by atoms with Crippen LogP contribution in [0.5, 0.6) is 0 Å².